The summed E-state index contributed by atoms with van der Waals surface area (Å²) in [6.45, 7) is 1.45. The molecule has 0 spiro atoms. The predicted molar refractivity (Wildman–Crippen MR) is 41.3 cm³/mol. The number of rotatable bonds is 1. The van der Waals surface area contributed by atoms with Gasteiger partial charge in [-0.25, -0.2) is 9.97 Å². The molecule has 4 heteroatoms. The molecule has 1 fully saturated rings. The van der Waals surface area contributed by atoms with E-state index >= 15 is 0 Å². The van der Waals surface area contributed by atoms with Gasteiger partial charge in [-0.2, -0.15) is 0 Å². The van der Waals surface area contributed by atoms with Crippen LogP contribution in [0.2, 0.25) is 0 Å². The first-order chi connectivity index (χ1) is 5.97. The number of ether oxygens (including phenoxy) is 2. The molecular weight excluding hydrogens is 156 g/mol. The normalized spacial score (nSPS) is 19.3. The van der Waals surface area contributed by atoms with Crippen LogP contribution in [0.25, 0.3) is 0 Å². The average molecular weight is 166 g/mol. The highest BCUT2D eigenvalue weighted by molar-refractivity contribution is 4.90. The molecular formula is C8H10N2O2. The second kappa shape index (κ2) is 3.60. The van der Waals surface area contributed by atoms with E-state index in [1.807, 2.05) is 0 Å². The molecule has 1 saturated heterocycles. The van der Waals surface area contributed by atoms with Crippen LogP contribution in [0, 0.1) is 0 Å². The van der Waals surface area contributed by atoms with Crippen molar-refractivity contribution in [2.24, 2.45) is 0 Å². The largest absolute Gasteiger partial charge is 0.346 e. The maximum Gasteiger partial charge on any atom is 0.219 e. The molecule has 2 heterocycles. The Labute approximate surface area is 70.6 Å². The molecule has 1 aliphatic heterocycles. The van der Waals surface area contributed by atoms with Crippen LogP contribution < -0.4 is 0 Å². The van der Waals surface area contributed by atoms with Crippen LogP contribution in [0.4, 0.5) is 0 Å². The van der Waals surface area contributed by atoms with E-state index in [1.54, 1.807) is 18.5 Å². The van der Waals surface area contributed by atoms with Crippen molar-refractivity contribution < 1.29 is 9.47 Å². The second-order valence-electron chi connectivity index (χ2n) is 2.53. The Morgan fingerprint density at radius 1 is 1.17 bits per heavy atom. The summed E-state index contributed by atoms with van der Waals surface area (Å²) in [5.41, 5.74) is 0. The zero-order valence-corrected chi connectivity index (χ0v) is 6.64. The van der Waals surface area contributed by atoms with E-state index in [2.05, 4.69) is 9.97 Å². The summed E-state index contributed by atoms with van der Waals surface area (Å²) in [7, 11) is 0. The lowest BCUT2D eigenvalue weighted by Gasteiger charge is -2.21. The Morgan fingerprint density at radius 2 is 1.83 bits per heavy atom. The molecule has 12 heavy (non-hydrogen) atoms. The predicted octanol–water partition coefficient (Wildman–Crippen LogP) is 0.912. The fraction of sp³-hybridized carbons (Fsp3) is 0.500. The SMILES string of the molecule is c1cnc(C2OCCCO2)nc1. The first-order valence-corrected chi connectivity index (χ1v) is 3.97. The van der Waals surface area contributed by atoms with E-state index in [1.165, 1.54) is 0 Å². The molecule has 1 aliphatic rings. The molecule has 0 amide bonds. The van der Waals surface area contributed by atoms with E-state index in [9.17, 15) is 0 Å². The summed E-state index contributed by atoms with van der Waals surface area (Å²) < 4.78 is 10.6. The topological polar surface area (TPSA) is 44.2 Å². The van der Waals surface area contributed by atoms with E-state index in [0.29, 0.717) is 5.82 Å². The Morgan fingerprint density at radius 3 is 2.50 bits per heavy atom. The molecule has 0 saturated carbocycles. The third kappa shape index (κ3) is 1.60. The maximum atomic E-state index is 5.32. The zero-order chi connectivity index (χ0) is 8.23. The van der Waals surface area contributed by atoms with Gasteiger partial charge in [0.2, 0.25) is 6.29 Å². The van der Waals surface area contributed by atoms with Crippen molar-refractivity contribution in [1.29, 1.82) is 0 Å². The smallest absolute Gasteiger partial charge is 0.219 e. The minimum atomic E-state index is -0.361. The van der Waals surface area contributed by atoms with Gasteiger partial charge in [-0.3, -0.25) is 0 Å². The van der Waals surface area contributed by atoms with Crippen LogP contribution in [0.15, 0.2) is 18.5 Å². The minimum absolute atomic E-state index is 0.361. The highest BCUT2D eigenvalue weighted by atomic mass is 16.7. The lowest BCUT2D eigenvalue weighted by Crippen LogP contribution is -2.19. The molecule has 0 unspecified atom stereocenters. The molecule has 4 nitrogen and oxygen atoms in total. The van der Waals surface area contributed by atoms with Crippen molar-refractivity contribution in [3.8, 4) is 0 Å². The van der Waals surface area contributed by atoms with E-state index in [0.717, 1.165) is 19.6 Å². The van der Waals surface area contributed by atoms with Gasteiger partial charge in [0.1, 0.15) is 0 Å². The maximum absolute atomic E-state index is 5.32. The Kier molecular flexibility index (Phi) is 2.29. The van der Waals surface area contributed by atoms with Crippen LogP contribution >= 0.6 is 0 Å². The number of aromatic nitrogens is 2. The van der Waals surface area contributed by atoms with Crippen molar-refractivity contribution in [3.05, 3.63) is 24.3 Å². The summed E-state index contributed by atoms with van der Waals surface area (Å²) >= 11 is 0. The second-order valence-corrected chi connectivity index (χ2v) is 2.53. The molecule has 0 N–H and O–H groups in total. The molecule has 1 aromatic heterocycles. The van der Waals surface area contributed by atoms with Crippen LogP contribution in [-0.2, 0) is 9.47 Å². The highest BCUT2D eigenvalue weighted by Crippen LogP contribution is 2.18. The van der Waals surface area contributed by atoms with E-state index in [4.69, 9.17) is 9.47 Å². The van der Waals surface area contributed by atoms with Gasteiger partial charge in [-0.1, -0.05) is 0 Å². The van der Waals surface area contributed by atoms with Crippen molar-refractivity contribution >= 4 is 0 Å². The molecule has 0 radical (unpaired) electrons. The quantitative estimate of drug-likeness (QED) is 0.622. The Bertz CT molecular complexity index is 234. The molecule has 0 aliphatic carbocycles. The number of hydrogen-bond acceptors (Lipinski definition) is 4. The van der Waals surface area contributed by atoms with Gasteiger partial charge in [0.05, 0.1) is 13.2 Å². The van der Waals surface area contributed by atoms with Crippen molar-refractivity contribution in [3.63, 3.8) is 0 Å². The fourth-order valence-corrected chi connectivity index (χ4v) is 1.07. The highest BCUT2D eigenvalue weighted by Gasteiger charge is 2.18. The summed E-state index contributed by atoms with van der Waals surface area (Å²) in [6, 6.07) is 1.77. The monoisotopic (exact) mass is 166 g/mol. The standard InChI is InChI=1S/C8H10N2O2/c1-3-9-7(10-4-1)8-11-5-2-6-12-8/h1,3-4,8H,2,5-6H2. The summed E-state index contributed by atoms with van der Waals surface area (Å²) in [4.78, 5) is 8.08. The Hall–Kier alpha value is -1.00. The Balaban J connectivity index is 2.08. The third-order valence-electron chi connectivity index (χ3n) is 1.62. The molecule has 1 aromatic rings. The summed E-state index contributed by atoms with van der Waals surface area (Å²) in [5.74, 6) is 0.609. The average Bonchev–Trinajstić information content (AvgIpc) is 2.21. The van der Waals surface area contributed by atoms with E-state index in [-0.39, 0.29) is 6.29 Å². The van der Waals surface area contributed by atoms with Gasteiger partial charge < -0.3 is 9.47 Å². The van der Waals surface area contributed by atoms with Gasteiger partial charge in [-0.05, 0) is 12.5 Å². The molecule has 0 bridgehead atoms. The lowest BCUT2D eigenvalue weighted by atomic mass is 10.4. The first kappa shape index (κ1) is 7.64. The zero-order valence-electron chi connectivity index (χ0n) is 6.64. The van der Waals surface area contributed by atoms with E-state index < -0.39 is 0 Å². The lowest BCUT2D eigenvalue weighted by molar-refractivity contribution is -0.187. The van der Waals surface area contributed by atoms with Gasteiger partial charge >= 0.3 is 0 Å². The van der Waals surface area contributed by atoms with Crippen LogP contribution in [0.3, 0.4) is 0 Å². The number of hydrogen-bond donors (Lipinski definition) is 0. The van der Waals surface area contributed by atoms with Crippen LogP contribution in [-0.4, -0.2) is 23.2 Å². The minimum Gasteiger partial charge on any atom is -0.346 e. The van der Waals surface area contributed by atoms with Gasteiger partial charge in [0, 0.05) is 12.4 Å². The van der Waals surface area contributed by atoms with Crippen LogP contribution in [0.1, 0.15) is 18.5 Å². The molecule has 2 rings (SSSR count). The van der Waals surface area contributed by atoms with Crippen LogP contribution in [0.5, 0.6) is 0 Å². The fourth-order valence-electron chi connectivity index (χ4n) is 1.07. The molecule has 0 atom stereocenters. The number of nitrogens with zero attached hydrogens (tertiary/aromatic N) is 2. The third-order valence-corrected chi connectivity index (χ3v) is 1.62. The van der Waals surface area contributed by atoms with Gasteiger partial charge in [0.15, 0.2) is 5.82 Å². The first-order valence-electron chi connectivity index (χ1n) is 3.97. The van der Waals surface area contributed by atoms with Crippen molar-refractivity contribution in [1.82, 2.24) is 9.97 Å². The summed E-state index contributed by atoms with van der Waals surface area (Å²) in [5, 5.41) is 0. The van der Waals surface area contributed by atoms with Gasteiger partial charge in [0.25, 0.3) is 0 Å². The summed E-state index contributed by atoms with van der Waals surface area (Å²) in [6.07, 6.45) is 3.95. The van der Waals surface area contributed by atoms with Gasteiger partial charge in [-0.15, -0.1) is 0 Å². The molecule has 64 valence electrons. The molecule has 0 aromatic carbocycles. The van der Waals surface area contributed by atoms with Crippen molar-refractivity contribution in [2.45, 2.75) is 12.7 Å². The van der Waals surface area contributed by atoms with Crippen molar-refractivity contribution in [2.75, 3.05) is 13.2 Å².